The van der Waals surface area contributed by atoms with Crippen molar-refractivity contribution in [1.82, 2.24) is 5.32 Å². The van der Waals surface area contributed by atoms with Gasteiger partial charge in [-0.1, -0.05) is 0 Å². The number of alkyl halides is 3. The highest BCUT2D eigenvalue weighted by Gasteiger charge is 2.60. The Morgan fingerprint density at radius 2 is 1.59 bits per heavy atom. The van der Waals surface area contributed by atoms with E-state index < -0.39 is 35.4 Å². The van der Waals surface area contributed by atoms with Crippen molar-refractivity contribution in [3.8, 4) is 0 Å². The maximum Gasteiger partial charge on any atom is 0.426 e. The molecule has 100 valence electrons. The summed E-state index contributed by atoms with van der Waals surface area (Å²) >= 11 is 0. The molecule has 7 heteroatoms. The predicted molar refractivity (Wildman–Crippen MR) is 54.2 cm³/mol. The Morgan fingerprint density at radius 3 is 1.82 bits per heavy atom. The molecule has 0 aliphatic rings. The molecule has 17 heavy (non-hydrogen) atoms. The second-order valence-electron chi connectivity index (χ2n) is 4.94. The van der Waals surface area contributed by atoms with E-state index in [-0.39, 0.29) is 0 Å². The summed E-state index contributed by atoms with van der Waals surface area (Å²) in [5, 5.41) is 11.4. The number of halogens is 3. The van der Waals surface area contributed by atoms with E-state index in [9.17, 15) is 27.9 Å². The minimum Gasteiger partial charge on any atom is -0.372 e. The number of rotatable bonds is 3. The number of ketones is 1. The highest BCUT2D eigenvalue weighted by atomic mass is 19.4. The number of carbonyl (C=O) groups is 2. The largest absolute Gasteiger partial charge is 0.426 e. The van der Waals surface area contributed by atoms with Crippen molar-refractivity contribution in [3.63, 3.8) is 0 Å². The molecule has 0 saturated carbocycles. The molecule has 4 nitrogen and oxygen atoms in total. The lowest BCUT2D eigenvalue weighted by Crippen LogP contribution is -2.61. The fourth-order valence-electron chi connectivity index (χ4n) is 1.11. The first-order valence-corrected chi connectivity index (χ1v) is 4.91. The molecule has 0 heterocycles. The molecule has 0 aromatic carbocycles. The summed E-state index contributed by atoms with van der Waals surface area (Å²) < 4.78 is 37.9. The van der Waals surface area contributed by atoms with Gasteiger partial charge < -0.3 is 10.4 Å². The normalized spacial score (nSPS) is 16.2. The molecule has 0 aliphatic carbocycles. The van der Waals surface area contributed by atoms with Gasteiger partial charge in [-0.15, -0.1) is 0 Å². The molecule has 0 aromatic rings. The molecule has 0 aliphatic heterocycles. The average Bonchev–Trinajstić information content (AvgIpc) is 1.96. The first-order chi connectivity index (χ1) is 7.29. The van der Waals surface area contributed by atoms with Crippen molar-refractivity contribution < 1.29 is 27.9 Å². The zero-order valence-electron chi connectivity index (χ0n) is 10.1. The fourth-order valence-corrected chi connectivity index (χ4v) is 1.11. The van der Waals surface area contributed by atoms with Gasteiger partial charge in [0, 0.05) is 5.54 Å². The third-order valence-corrected chi connectivity index (χ3v) is 1.84. The summed E-state index contributed by atoms with van der Waals surface area (Å²) in [6.07, 6.45) is -6.49. The van der Waals surface area contributed by atoms with E-state index in [0.29, 0.717) is 0 Å². The Labute approximate surface area is 97.2 Å². The minimum atomic E-state index is -5.20. The number of carbonyl (C=O) groups excluding carboxylic acids is 2. The highest BCUT2D eigenvalue weighted by molar-refractivity contribution is 5.92. The highest BCUT2D eigenvalue weighted by Crippen LogP contribution is 2.34. The van der Waals surface area contributed by atoms with Crippen molar-refractivity contribution in [2.45, 2.75) is 51.4 Å². The van der Waals surface area contributed by atoms with E-state index in [0.717, 1.165) is 6.92 Å². The van der Waals surface area contributed by atoms with Gasteiger partial charge in [0.25, 0.3) is 5.91 Å². The minimum absolute atomic E-state index is 0.876. The van der Waals surface area contributed by atoms with E-state index in [1.54, 1.807) is 0 Å². The van der Waals surface area contributed by atoms with Crippen LogP contribution in [0.2, 0.25) is 0 Å². The molecule has 0 saturated heterocycles. The van der Waals surface area contributed by atoms with Gasteiger partial charge in [0.1, 0.15) is 5.78 Å². The molecule has 0 aromatic heterocycles. The molecular formula is C10H16F3NO3. The van der Waals surface area contributed by atoms with Crippen LogP contribution in [0.25, 0.3) is 0 Å². The van der Waals surface area contributed by atoms with Gasteiger partial charge in [0.2, 0.25) is 5.60 Å². The second-order valence-corrected chi connectivity index (χ2v) is 4.94. The monoisotopic (exact) mass is 255 g/mol. The molecule has 0 radical (unpaired) electrons. The van der Waals surface area contributed by atoms with Crippen LogP contribution in [0.5, 0.6) is 0 Å². The van der Waals surface area contributed by atoms with Gasteiger partial charge in [-0.05, 0) is 27.7 Å². The van der Waals surface area contributed by atoms with Crippen LogP contribution in [0.15, 0.2) is 0 Å². The SMILES string of the molecule is CC(=O)CC(O)(C(=O)NC(C)(C)C)C(F)(F)F. The Hall–Kier alpha value is -1.11. The first kappa shape index (κ1) is 15.9. The Kier molecular flexibility index (Phi) is 4.33. The molecule has 0 bridgehead atoms. The first-order valence-electron chi connectivity index (χ1n) is 4.91. The Morgan fingerprint density at radius 1 is 1.18 bits per heavy atom. The van der Waals surface area contributed by atoms with Gasteiger partial charge in [0.05, 0.1) is 6.42 Å². The summed E-state index contributed by atoms with van der Waals surface area (Å²) in [7, 11) is 0. The number of nitrogens with one attached hydrogen (secondary N) is 1. The predicted octanol–water partition coefficient (Wildman–Crippen LogP) is 1.17. The van der Waals surface area contributed by atoms with Gasteiger partial charge in [0.15, 0.2) is 0 Å². The summed E-state index contributed by atoms with van der Waals surface area (Å²) in [4.78, 5) is 22.2. The van der Waals surface area contributed by atoms with Crippen LogP contribution >= 0.6 is 0 Å². The fraction of sp³-hybridized carbons (Fsp3) is 0.800. The van der Waals surface area contributed by atoms with Gasteiger partial charge in [-0.25, -0.2) is 0 Å². The zero-order valence-corrected chi connectivity index (χ0v) is 10.1. The average molecular weight is 255 g/mol. The van der Waals surface area contributed by atoms with Crippen molar-refractivity contribution in [2.75, 3.05) is 0 Å². The van der Waals surface area contributed by atoms with Crippen molar-refractivity contribution >= 4 is 11.7 Å². The van der Waals surface area contributed by atoms with E-state index in [1.165, 1.54) is 20.8 Å². The number of aliphatic hydroxyl groups is 1. The third kappa shape index (κ3) is 4.33. The molecule has 0 fully saturated rings. The van der Waals surface area contributed by atoms with E-state index >= 15 is 0 Å². The summed E-state index contributed by atoms with van der Waals surface area (Å²) in [5.74, 6) is -2.54. The van der Waals surface area contributed by atoms with Crippen LogP contribution in [0.3, 0.4) is 0 Å². The number of Topliss-reactive ketones (excluding diaryl/α,β-unsaturated/α-hetero) is 1. The van der Waals surface area contributed by atoms with Crippen LogP contribution in [-0.4, -0.2) is 34.1 Å². The zero-order chi connectivity index (χ0) is 14.1. The lowest BCUT2D eigenvalue weighted by atomic mass is 9.94. The Bertz CT molecular complexity index is 320. The van der Waals surface area contributed by atoms with Crippen molar-refractivity contribution in [3.05, 3.63) is 0 Å². The summed E-state index contributed by atoms with van der Waals surface area (Å²) in [5.41, 5.74) is -4.61. The molecular weight excluding hydrogens is 239 g/mol. The van der Waals surface area contributed by atoms with E-state index in [1.807, 2.05) is 5.32 Å². The number of amides is 1. The van der Waals surface area contributed by atoms with E-state index in [2.05, 4.69) is 0 Å². The van der Waals surface area contributed by atoms with Crippen LogP contribution in [0.1, 0.15) is 34.1 Å². The number of hydrogen-bond donors (Lipinski definition) is 2. The number of hydrogen-bond acceptors (Lipinski definition) is 3. The summed E-state index contributed by atoms with van der Waals surface area (Å²) in [6, 6.07) is 0. The topological polar surface area (TPSA) is 66.4 Å². The van der Waals surface area contributed by atoms with Gasteiger partial charge in [-0.3, -0.25) is 9.59 Å². The molecule has 1 atom stereocenters. The quantitative estimate of drug-likeness (QED) is 0.795. The van der Waals surface area contributed by atoms with Crippen LogP contribution in [-0.2, 0) is 9.59 Å². The molecule has 1 unspecified atom stereocenters. The van der Waals surface area contributed by atoms with Crippen LogP contribution < -0.4 is 5.32 Å². The lowest BCUT2D eigenvalue weighted by molar-refractivity contribution is -0.252. The maximum absolute atomic E-state index is 12.6. The standard InChI is InChI=1S/C10H16F3NO3/c1-6(15)5-9(17,10(11,12)13)7(16)14-8(2,3)4/h17H,5H2,1-4H3,(H,14,16). The van der Waals surface area contributed by atoms with Gasteiger partial charge in [-0.2, -0.15) is 13.2 Å². The molecule has 0 rings (SSSR count). The lowest BCUT2D eigenvalue weighted by Gasteiger charge is -2.32. The smallest absolute Gasteiger partial charge is 0.372 e. The molecule has 0 spiro atoms. The Balaban J connectivity index is 5.21. The molecule has 1 amide bonds. The van der Waals surface area contributed by atoms with Crippen molar-refractivity contribution in [2.24, 2.45) is 0 Å². The third-order valence-electron chi connectivity index (χ3n) is 1.84. The second kappa shape index (κ2) is 4.64. The van der Waals surface area contributed by atoms with E-state index in [4.69, 9.17) is 0 Å². The van der Waals surface area contributed by atoms with Crippen LogP contribution in [0.4, 0.5) is 13.2 Å². The van der Waals surface area contributed by atoms with Gasteiger partial charge >= 0.3 is 6.18 Å². The summed E-state index contributed by atoms with van der Waals surface area (Å²) in [6.45, 7) is 5.28. The molecule has 2 N–H and O–H groups in total. The van der Waals surface area contributed by atoms with Crippen LogP contribution in [0, 0.1) is 0 Å². The van der Waals surface area contributed by atoms with Crippen molar-refractivity contribution in [1.29, 1.82) is 0 Å². The maximum atomic E-state index is 12.6.